The predicted molar refractivity (Wildman–Crippen MR) is 81.9 cm³/mol. The van der Waals surface area contributed by atoms with Crippen LogP contribution in [0, 0.1) is 5.92 Å². The summed E-state index contributed by atoms with van der Waals surface area (Å²) in [5.74, 6) is 1.96. The zero-order valence-corrected chi connectivity index (χ0v) is 12.7. The lowest BCUT2D eigenvalue weighted by atomic mass is 9.98. The monoisotopic (exact) mass is 281 g/mol. The average molecular weight is 282 g/mol. The van der Waals surface area contributed by atoms with Crippen LogP contribution >= 0.6 is 11.6 Å². The SMILES string of the molecule is CCC1CCCN(c2cc(CNC)c(Cl)cn2)CC1. The van der Waals surface area contributed by atoms with E-state index in [2.05, 4.69) is 28.2 Å². The molecule has 0 amide bonds. The third-order valence-electron chi connectivity index (χ3n) is 4.04. The first-order valence-corrected chi connectivity index (χ1v) is 7.66. The Morgan fingerprint density at radius 2 is 2.26 bits per heavy atom. The number of nitrogens with one attached hydrogen (secondary N) is 1. The van der Waals surface area contributed by atoms with Crippen molar-refractivity contribution in [3.05, 3.63) is 22.8 Å². The van der Waals surface area contributed by atoms with Crippen LogP contribution in [0.4, 0.5) is 5.82 Å². The molecular formula is C15H24ClN3. The van der Waals surface area contributed by atoms with Crippen LogP contribution in [0.25, 0.3) is 0 Å². The summed E-state index contributed by atoms with van der Waals surface area (Å²) in [4.78, 5) is 6.91. The maximum atomic E-state index is 6.17. The second kappa shape index (κ2) is 7.11. The van der Waals surface area contributed by atoms with Gasteiger partial charge in [0, 0.05) is 25.8 Å². The van der Waals surface area contributed by atoms with E-state index in [1.54, 1.807) is 6.20 Å². The van der Waals surface area contributed by atoms with Gasteiger partial charge in [0.25, 0.3) is 0 Å². The van der Waals surface area contributed by atoms with Crippen LogP contribution in [0.2, 0.25) is 5.02 Å². The third-order valence-corrected chi connectivity index (χ3v) is 4.38. The largest absolute Gasteiger partial charge is 0.357 e. The Balaban J connectivity index is 2.10. The highest BCUT2D eigenvalue weighted by atomic mass is 35.5. The number of halogens is 1. The first-order valence-electron chi connectivity index (χ1n) is 7.28. The molecule has 1 aromatic heterocycles. The van der Waals surface area contributed by atoms with Gasteiger partial charge in [0.05, 0.1) is 5.02 Å². The molecule has 0 bridgehead atoms. The summed E-state index contributed by atoms with van der Waals surface area (Å²) in [6, 6.07) is 2.13. The first kappa shape index (κ1) is 14.6. The minimum Gasteiger partial charge on any atom is -0.357 e. The van der Waals surface area contributed by atoms with E-state index in [-0.39, 0.29) is 0 Å². The molecule has 1 saturated heterocycles. The Bertz CT molecular complexity index is 408. The Morgan fingerprint density at radius 3 is 3.00 bits per heavy atom. The number of anilines is 1. The van der Waals surface area contributed by atoms with Crippen LogP contribution in [-0.2, 0) is 6.54 Å². The van der Waals surface area contributed by atoms with Crippen molar-refractivity contribution in [3.8, 4) is 0 Å². The maximum absolute atomic E-state index is 6.17. The Morgan fingerprint density at radius 1 is 1.42 bits per heavy atom. The molecule has 1 fully saturated rings. The third kappa shape index (κ3) is 3.83. The maximum Gasteiger partial charge on any atom is 0.128 e. The molecule has 4 heteroatoms. The van der Waals surface area contributed by atoms with Crippen LogP contribution in [0.15, 0.2) is 12.3 Å². The quantitative estimate of drug-likeness (QED) is 0.916. The Hall–Kier alpha value is -0.800. The van der Waals surface area contributed by atoms with E-state index in [0.29, 0.717) is 0 Å². The number of pyridine rings is 1. The van der Waals surface area contributed by atoms with Crippen molar-refractivity contribution in [1.29, 1.82) is 0 Å². The van der Waals surface area contributed by atoms with Crippen LogP contribution in [0.3, 0.4) is 0 Å². The van der Waals surface area contributed by atoms with Gasteiger partial charge in [-0.3, -0.25) is 0 Å². The lowest BCUT2D eigenvalue weighted by Crippen LogP contribution is -2.25. The van der Waals surface area contributed by atoms with Gasteiger partial charge in [-0.05, 0) is 43.9 Å². The molecule has 1 N–H and O–H groups in total. The highest BCUT2D eigenvalue weighted by Crippen LogP contribution is 2.25. The van der Waals surface area contributed by atoms with Crippen molar-refractivity contribution in [2.45, 2.75) is 39.2 Å². The molecule has 0 radical (unpaired) electrons. The van der Waals surface area contributed by atoms with Crippen LogP contribution < -0.4 is 10.2 Å². The number of hydrogen-bond acceptors (Lipinski definition) is 3. The summed E-state index contributed by atoms with van der Waals surface area (Å²) in [5, 5.41) is 3.90. The number of nitrogens with zero attached hydrogens (tertiary/aromatic N) is 2. The smallest absolute Gasteiger partial charge is 0.128 e. The molecule has 1 atom stereocenters. The van der Waals surface area contributed by atoms with Gasteiger partial charge in [0.2, 0.25) is 0 Å². The van der Waals surface area contributed by atoms with E-state index in [1.807, 2.05) is 7.05 Å². The predicted octanol–water partition coefficient (Wildman–Crippen LogP) is 3.47. The lowest BCUT2D eigenvalue weighted by Gasteiger charge is -2.22. The van der Waals surface area contributed by atoms with E-state index in [0.717, 1.165) is 42.0 Å². The van der Waals surface area contributed by atoms with Crippen molar-refractivity contribution < 1.29 is 0 Å². The molecule has 3 nitrogen and oxygen atoms in total. The summed E-state index contributed by atoms with van der Waals surface area (Å²) in [6.07, 6.45) is 6.98. The second-order valence-corrected chi connectivity index (χ2v) is 5.76. The molecule has 1 aliphatic heterocycles. The molecule has 1 unspecified atom stereocenters. The molecule has 1 aliphatic rings. The van der Waals surface area contributed by atoms with E-state index in [1.165, 1.54) is 25.7 Å². The first-order chi connectivity index (χ1) is 9.24. The number of hydrogen-bond donors (Lipinski definition) is 1. The molecule has 1 aromatic rings. The summed E-state index contributed by atoms with van der Waals surface area (Å²) < 4.78 is 0. The molecule has 0 saturated carbocycles. The summed E-state index contributed by atoms with van der Waals surface area (Å²) in [6.45, 7) is 5.32. The van der Waals surface area contributed by atoms with Crippen molar-refractivity contribution in [2.75, 3.05) is 25.0 Å². The van der Waals surface area contributed by atoms with Crippen LogP contribution in [0.1, 0.15) is 38.2 Å². The Kier molecular flexibility index (Phi) is 5.46. The van der Waals surface area contributed by atoms with Crippen molar-refractivity contribution >= 4 is 17.4 Å². The summed E-state index contributed by atoms with van der Waals surface area (Å²) in [7, 11) is 1.94. The Labute approximate surface area is 121 Å². The van der Waals surface area contributed by atoms with Gasteiger partial charge in [0.1, 0.15) is 5.82 Å². The molecule has 106 valence electrons. The highest BCUT2D eigenvalue weighted by Gasteiger charge is 2.17. The van der Waals surface area contributed by atoms with E-state index >= 15 is 0 Å². The fourth-order valence-corrected chi connectivity index (χ4v) is 2.94. The molecule has 2 heterocycles. The highest BCUT2D eigenvalue weighted by molar-refractivity contribution is 6.31. The van der Waals surface area contributed by atoms with E-state index < -0.39 is 0 Å². The van der Waals surface area contributed by atoms with Crippen molar-refractivity contribution in [3.63, 3.8) is 0 Å². The average Bonchev–Trinajstić information content (AvgIpc) is 2.67. The minimum atomic E-state index is 0.749. The number of rotatable bonds is 4. The summed E-state index contributed by atoms with van der Waals surface area (Å²) >= 11 is 6.17. The number of aromatic nitrogens is 1. The van der Waals surface area contributed by atoms with Crippen LogP contribution in [0.5, 0.6) is 0 Å². The molecule has 0 aliphatic carbocycles. The standard InChI is InChI=1S/C15H24ClN3/c1-3-12-5-4-7-19(8-6-12)15-9-13(10-17-2)14(16)11-18-15/h9,11-12,17H,3-8,10H2,1-2H3. The molecular weight excluding hydrogens is 258 g/mol. The summed E-state index contributed by atoms with van der Waals surface area (Å²) in [5.41, 5.74) is 1.13. The van der Waals surface area contributed by atoms with Gasteiger partial charge in [-0.2, -0.15) is 0 Å². The molecule has 19 heavy (non-hydrogen) atoms. The van der Waals surface area contributed by atoms with E-state index in [4.69, 9.17) is 11.6 Å². The van der Waals surface area contributed by atoms with Gasteiger partial charge in [-0.25, -0.2) is 4.98 Å². The normalized spacial score (nSPS) is 20.4. The molecule has 0 aromatic carbocycles. The van der Waals surface area contributed by atoms with Gasteiger partial charge < -0.3 is 10.2 Å². The van der Waals surface area contributed by atoms with Crippen LogP contribution in [-0.4, -0.2) is 25.1 Å². The van der Waals surface area contributed by atoms with Crippen molar-refractivity contribution in [2.24, 2.45) is 5.92 Å². The molecule has 2 rings (SSSR count). The molecule has 0 spiro atoms. The minimum absolute atomic E-state index is 0.749. The second-order valence-electron chi connectivity index (χ2n) is 5.36. The van der Waals surface area contributed by atoms with Gasteiger partial charge >= 0.3 is 0 Å². The zero-order valence-electron chi connectivity index (χ0n) is 12.0. The lowest BCUT2D eigenvalue weighted by molar-refractivity contribution is 0.459. The van der Waals surface area contributed by atoms with Gasteiger partial charge in [-0.1, -0.05) is 24.9 Å². The topological polar surface area (TPSA) is 28.2 Å². The van der Waals surface area contributed by atoms with Gasteiger partial charge in [-0.15, -0.1) is 0 Å². The zero-order chi connectivity index (χ0) is 13.7. The van der Waals surface area contributed by atoms with E-state index in [9.17, 15) is 0 Å². The van der Waals surface area contributed by atoms with Crippen molar-refractivity contribution in [1.82, 2.24) is 10.3 Å². The van der Waals surface area contributed by atoms with Gasteiger partial charge in [0.15, 0.2) is 0 Å². The fraction of sp³-hybridized carbons (Fsp3) is 0.667. The fourth-order valence-electron chi connectivity index (χ4n) is 2.77.